The number of carboxylic acids is 1. The van der Waals surface area contributed by atoms with E-state index in [4.69, 9.17) is 9.66 Å². The van der Waals surface area contributed by atoms with Gasteiger partial charge in [0.15, 0.2) is 0 Å². The monoisotopic (exact) mass is 343 g/mol. The van der Waals surface area contributed by atoms with E-state index in [9.17, 15) is 18.0 Å². The summed E-state index contributed by atoms with van der Waals surface area (Å²) in [5.74, 6) is -3.72. The van der Waals surface area contributed by atoms with Gasteiger partial charge in [-0.05, 0) is 12.0 Å². The normalized spacial score (nSPS) is 14.0. The molecule has 8 heteroatoms. The predicted octanol–water partition coefficient (Wildman–Crippen LogP) is 1.42. The molecule has 7 nitrogen and oxygen atoms in total. The minimum atomic E-state index is -4.52. The van der Waals surface area contributed by atoms with Crippen molar-refractivity contribution in [1.29, 1.82) is 0 Å². The number of rotatable bonds is 9. The fourth-order valence-corrected chi connectivity index (χ4v) is 2.85. The van der Waals surface area contributed by atoms with E-state index < -0.39 is 39.7 Å². The van der Waals surface area contributed by atoms with E-state index in [-0.39, 0.29) is 0 Å². The number of hydrogen-bond donors (Lipinski definition) is 3. The summed E-state index contributed by atoms with van der Waals surface area (Å²) in [6, 6.07) is 7.18. The molecule has 3 N–H and O–H groups in total. The molecule has 2 atom stereocenters. The molecular formula is C15H21NO6S. The minimum Gasteiger partial charge on any atom is -0.480 e. The smallest absolute Gasteiger partial charge is 0.327 e. The molecular weight excluding hydrogens is 322 g/mol. The maximum absolute atomic E-state index is 12.4. The first kappa shape index (κ1) is 19.1. The molecule has 0 aliphatic heterocycles. The van der Waals surface area contributed by atoms with Crippen LogP contribution in [-0.4, -0.2) is 41.7 Å². The van der Waals surface area contributed by atoms with E-state index in [1.54, 1.807) is 30.3 Å². The number of aliphatic carboxylic acids is 1. The van der Waals surface area contributed by atoms with Crippen molar-refractivity contribution in [1.82, 2.24) is 5.32 Å². The third-order valence-corrected chi connectivity index (χ3v) is 4.11. The quantitative estimate of drug-likeness (QED) is 0.583. The zero-order valence-corrected chi connectivity index (χ0v) is 13.6. The van der Waals surface area contributed by atoms with Gasteiger partial charge in [0.2, 0.25) is 5.91 Å². The van der Waals surface area contributed by atoms with Crippen molar-refractivity contribution in [2.75, 3.05) is 5.75 Å². The molecule has 1 amide bonds. The van der Waals surface area contributed by atoms with Gasteiger partial charge in [0, 0.05) is 0 Å². The third-order valence-electron chi connectivity index (χ3n) is 3.36. The lowest BCUT2D eigenvalue weighted by Crippen LogP contribution is -2.47. The van der Waals surface area contributed by atoms with E-state index in [0.717, 1.165) is 18.4 Å². The summed E-state index contributed by atoms with van der Waals surface area (Å²) >= 11 is 0. The number of amides is 1. The van der Waals surface area contributed by atoms with Crippen LogP contribution in [0.15, 0.2) is 30.3 Å². The van der Waals surface area contributed by atoms with Gasteiger partial charge in [-0.3, -0.25) is 9.35 Å². The van der Waals surface area contributed by atoms with E-state index in [0.29, 0.717) is 6.42 Å². The summed E-state index contributed by atoms with van der Waals surface area (Å²) in [6.07, 6.45) is 2.15. The lowest BCUT2D eigenvalue weighted by atomic mass is 9.92. The van der Waals surface area contributed by atoms with Crippen molar-refractivity contribution >= 4 is 22.0 Å². The van der Waals surface area contributed by atoms with Crippen LogP contribution in [0.25, 0.3) is 0 Å². The molecule has 0 bridgehead atoms. The molecule has 23 heavy (non-hydrogen) atoms. The molecule has 0 saturated carbocycles. The largest absolute Gasteiger partial charge is 0.480 e. The maximum Gasteiger partial charge on any atom is 0.327 e. The van der Waals surface area contributed by atoms with Gasteiger partial charge >= 0.3 is 5.97 Å². The molecule has 0 aliphatic carbocycles. The summed E-state index contributed by atoms with van der Waals surface area (Å²) in [4.78, 5) is 23.5. The van der Waals surface area contributed by atoms with Gasteiger partial charge < -0.3 is 10.4 Å². The zero-order chi connectivity index (χ0) is 17.5. The molecule has 0 spiro atoms. The highest BCUT2D eigenvalue weighted by atomic mass is 32.2. The zero-order valence-electron chi connectivity index (χ0n) is 12.8. The van der Waals surface area contributed by atoms with Crippen molar-refractivity contribution in [3.8, 4) is 0 Å². The Morgan fingerprint density at radius 3 is 2.30 bits per heavy atom. The molecule has 128 valence electrons. The van der Waals surface area contributed by atoms with Crippen LogP contribution in [0.3, 0.4) is 0 Å². The van der Waals surface area contributed by atoms with Gasteiger partial charge in [-0.2, -0.15) is 8.42 Å². The number of carbonyl (C=O) groups excluding carboxylic acids is 1. The average Bonchev–Trinajstić information content (AvgIpc) is 2.46. The highest BCUT2D eigenvalue weighted by Crippen LogP contribution is 2.22. The van der Waals surface area contributed by atoms with Gasteiger partial charge in [-0.25, -0.2) is 4.79 Å². The van der Waals surface area contributed by atoms with Gasteiger partial charge in [-0.15, -0.1) is 0 Å². The molecule has 1 aromatic rings. The van der Waals surface area contributed by atoms with Crippen molar-refractivity contribution in [2.45, 2.75) is 38.1 Å². The average molecular weight is 343 g/mol. The topological polar surface area (TPSA) is 121 Å². The molecule has 0 heterocycles. The van der Waals surface area contributed by atoms with E-state index in [2.05, 4.69) is 5.32 Å². The molecule has 0 saturated heterocycles. The second-order valence-electron chi connectivity index (χ2n) is 5.25. The highest BCUT2D eigenvalue weighted by Gasteiger charge is 2.29. The van der Waals surface area contributed by atoms with Crippen molar-refractivity contribution in [2.24, 2.45) is 0 Å². The van der Waals surface area contributed by atoms with Gasteiger partial charge in [0.1, 0.15) is 11.8 Å². The van der Waals surface area contributed by atoms with Crippen LogP contribution in [-0.2, 0) is 19.7 Å². The van der Waals surface area contributed by atoms with Gasteiger partial charge in [0.05, 0.1) is 5.92 Å². The van der Waals surface area contributed by atoms with Crippen LogP contribution >= 0.6 is 0 Å². The minimum absolute atomic E-state index is 0.518. The summed E-state index contributed by atoms with van der Waals surface area (Å²) in [5.41, 5.74) is 0.731. The number of carboxylic acid groups (broad SMARTS) is 1. The Morgan fingerprint density at radius 2 is 1.83 bits per heavy atom. The number of unbranched alkanes of at least 4 members (excludes halogenated alkanes) is 1. The van der Waals surface area contributed by atoms with Gasteiger partial charge in [-0.1, -0.05) is 50.1 Å². The summed E-state index contributed by atoms with van der Waals surface area (Å²) in [5, 5.41) is 11.2. The number of benzene rings is 1. The van der Waals surface area contributed by atoms with Crippen LogP contribution in [0.1, 0.15) is 37.7 Å². The molecule has 1 aromatic carbocycles. The molecule has 1 unspecified atom stereocenters. The van der Waals surface area contributed by atoms with Crippen molar-refractivity contribution in [3.63, 3.8) is 0 Å². The van der Waals surface area contributed by atoms with E-state index in [1.807, 2.05) is 6.92 Å². The van der Waals surface area contributed by atoms with E-state index >= 15 is 0 Å². The standard InChI is InChI=1S/C15H21NO6S/c1-2-3-9-12(11-7-5-4-6-8-11)14(17)16-13(15(18)19)10-23(20,21)22/h4-8,12-13H,2-3,9-10H2,1H3,(H,16,17)(H,18,19)(H,20,21,22)/t12?,13-/m0/s1. The second-order valence-corrected chi connectivity index (χ2v) is 6.75. The fraction of sp³-hybridized carbons (Fsp3) is 0.467. The van der Waals surface area contributed by atoms with Crippen LogP contribution in [0, 0.1) is 0 Å². The molecule has 0 fully saturated rings. The molecule has 0 radical (unpaired) electrons. The maximum atomic E-state index is 12.4. The Bertz CT molecular complexity index is 629. The Kier molecular flexibility index (Phi) is 7.18. The summed E-state index contributed by atoms with van der Waals surface area (Å²) in [7, 11) is -4.52. The molecule has 1 rings (SSSR count). The molecule has 0 aliphatic rings. The van der Waals surface area contributed by atoms with Crippen LogP contribution in [0.5, 0.6) is 0 Å². The van der Waals surface area contributed by atoms with E-state index in [1.165, 1.54) is 0 Å². The first-order valence-electron chi connectivity index (χ1n) is 7.28. The van der Waals surface area contributed by atoms with Crippen LogP contribution in [0.4, 0.5) is 0 Å². The van der Waals surface area contributed by atoms with Crippen molar-refractivity contribution in [3.05, 3.63) is 35.9 Å². The Labute approximate surface area is 135 Å². The Balaban J connectivity index is 2.93. The Hall–Kier alpha value is -1.93. The first-order valence-corrected chi connectivity index (χ1v) is 8.88. The first-order chi connectivity index (χ1) is 10.7. The highest BCUT2D eigenvalue weighted by molar-refractivity contribution is 7.85. The Morgan fingerprint density at radius 1 is 1.22 bits per heavy atom. The SMILES string of the molecule is CCCCC(C(=O)N[C@@H](CS(=O)(=O)O)C(=O)O)c1ccccc1. The predicted molar refractivity (Wildman–Crippen MR) is 84.7 cm³/mol. The number of nitrogens with one attached hydrogen (secondary N) is 1. The second kappa shape index (κ2) is 8.64. The lowest BCUT2D eigenvalue weighted by Gasteiger charge is -2.20. The summed E-state index contributed by atoms with van der Waals surface area (Å²) < 4.78 is 30.6. The number of hydrogen-bond acceptors (Lipinski definition) is 4. The molecule has 0 aromatic heterocycles. The van der Waals surface area contributed by atoms with Crippen LogP contribution < -0.4 is 5.32 Å². The number of carbonyl (C=O) groups is 2. The summed E-state index contributed by atoms with van der Waals surface area (Å²) in [6.45, 7) is 1.97. The third kappa shape index (κ3) is 6.79. The fourth-order valence-electron chi connectivity index (χ4n) is 2.20. The van der Waals surface area contributed by atoms with Gasteiger partial charge in [0.25, 0.3) is 10.1 Å². The van der Waals surface area contributed by atoms with Crippen molar-refractivity contribution < 1.29 is 27.7 Å². The lowest BCUT2D eigenvalue weighted by molar-refractivity contribution is -0.141. The van der Waals surface area contributed by atoms with Crippen LogP contribution in [0.2, 0.25) is 0 Å².